The van der Waals surface area contributed by atoms with Gasteiger partial charge in [-0.1, -0.05) is 23.7 Å². The number of carboxylic acid groups (broad SMARTS) is 1. The van der Waals surface area contributed by atoms with Gasteiger partial charge in [-0.25, -0.2) is 0 Å². The van der Waals surface area contributed by atoms with Crippen LogP contribution in [-0.4, -0.2) is 25.1 Å². The van der Waals surface area contributed by atoms with Crippen molar-refractivity contribution >= 4 is 29.6 Å². The second-order valence-electron chi connectivity index (χ2n) is 6.06. The van der Waals surface area contributed by atoms with Gasteiger partial charge in [0.1, 0.15) is 11.5 Å². The van der Waals surface area contributed by atoms with Crippen molar-refractivity contribution in [2.45, 2.75) is 20.8 Å². The minimum Gasteiger partial charge on any atom is -0.543 e. The lowest BCUT2D eigenvalue weighted by atomic mass is 10.1. The van der Waals surface area contributed by atoms with E-state index in [0.29, 0.717) is 28.7 Å². The van der Waals surface area contributed by atoms with Crippen molar-refractivity contribution in [2.24, 2.45) is 0 Å². The van der Waals surface area contributed by atoms with E-state index in [9.17, 15) is 14.7 Å². The van der Waals surface area contributed by atoms with Gasteiger partial charge in [0.15, 0.2) is 6.61 Å². The Hall–Kier alpha value is -2.99. The molecule has 0 bridgehead atoms. The van der Waals surface area contributed by atoms with Crippen LogP contribution in [-0.2, 0) is 9.59 Å². The number of aryl methyl sites for hydroxylation is 2. The Labute approximate surface area is 168 Å². The monoisotopic (exact) mass is 402 g/mol. The summed E-state index contributed by atoms with van der Waals surface area (Å²) in [5.41, 5.74) is 1.82. The summed E-state index contributed by atoms with van der Waals surface area (Å²) in [6.45, 7) is 5.63. The van der Waals surface area contributed by atoms with E-state index in [-0.39, 0.29) is 12.3 Å². The standard InChI is InChI=1S/C21H22ClNO5/c1-4-27-16-7-5-6-15(10-16)11-18(21(25)26)23-19(24)12-28-17-8-13(2)20(22)14(3)9-17/h5-11H,4,12H2,1-3H3,(H,23,24)(H,25,26)/p-1/b18-11+. The molecule has 0 fully saturated rings. The van der Waals surface area contributed by atoms with Gasteiger partial charge in [0.05, 0.1) is 18.3 Å². The lowest BCUT2D eigenvalue weighted by Gasteiger charge is -2.13. The summed E-state index contributed by atoms with van der Waals surface area (Å²) in [5.74, 6) is -1.06. The number of carbonyl (C=O) groups is 2. The molecule has 7 heteroatoms. The number of carbonyl (C=O) groups excluding carboxylic acids is 2. The molecule has 0 aliphatic carbocycles. The Kier molecular flexibility index (Phi) is 7.46. The Morgan fingerprint density at radius 1 is 1.11 bits per heavy atom. The van der Waals surface area contributed by atoms with Crippen LogP contribution >= 0.6 is 11.6 Å². The molecule has 148 valence electrons. The van der Waals surface area contributed by atoms with Crippen LogP contribution in [0, 0.1) is 13.8 Å². The molecule has 0 unspecified atom stereocenters. The minimum absolute atomic E-state index is 0.357. The number of carboxylic acids is 1. The third-order valence-electron chi connectivity index (χ3n) is 3.75. The second-order valence-corrected chi connectivity index (χ2v) is 6.44. The maximum Gasteiger partial charge on any atom is 0.262 e. The lowest BCUT2D eigenvalue weighted by Crippen LogP contribution is -2.37. The minimum atomic E-state index is -1.51. The van der Waals surface area contributed by atoms with Crippen molar-refractivity contribution in [3.8, 4) is 11.5 Å². The van der Waals surface area contributed by atoms with Crippen LogP contribution in [0.15, 0.2) is 42.1 Å². The van der Waals surface area contributed by atoms with E-state index in [1.165, 1.54) is 6.08 Å². The Morgan fingerprint density at radius 3 is 2.39 bits per heavy atom. The zero-order chi connectivity index (χ0) is 20.7. The van der Waals surface area contributed by atoms with E-state index in [1.54, 1.807) is 36.4 Å². The topological polar surface area (TPSA) is 87.7 Å². The number of benzene rings is 2. The molecule has 2 aromatic carbocycles. The fraction of sp³-hybridized carbons (Fsp3) is 0.238. The van der Waals surface area contributed by atoms with Gasteiger partial charge in [-0.3, -0.25) is 4.79 Å². The summed E-state index contributed by atoms with van der Waals surface area (Å²) in [5, 5.41) is 14.3. The van der Waals surface area contributed by atoms with Crippen molar-refractivity contribution in [3.05, 3.63) is 63.8 Å². The molecule has 0 saturated heterocycles. The highest BCUT2D eigenvalue weighted by molar-refractivity contribution is 6.32. The molecule has 0 aliphatic heterocycles. The summed E-state index contributed by atoms with van der Waals surface area (Å²) in [7, 11) is 0. The molecule has 0 aromatic heterocycles. The predicted molar refractivity (Wildman–Crippen MR) is 105 cm³/mol. The van der Waals surface area contributed by atoms with E-state index < -0.39 is 11.9 Å². The van der Waals surface area contributed by atoms with Gasteiger partial charge in [0, 0.05) is 5.02 Å². The number of hydrogen-bond acceptors (Lipinski definition) is 5. The molecule has 0 atom stereocenters. The SMILES string of the molecule is CCOc1cccc(/C=C(/NC(=O)COc2cc(C)c(Cl)c(C)c2)C(=O)[O-])c1. The van der Waals surface area contributed by atoms with Crippen LogP contribution in [0.5, 0.6) is 11.5 Å². The molecule has 0 saturated carbocycles. The molecule has 0 aliphatic rings. The van der Waals surface area contributed by atoms with Crippen LogP contribution < -0.4 is 19.9 Å². The third-order valence-corrected chi connectivity index (χ3v) is 4.35. The van der Waals surface area contributed by atoms with Gasteiger partial charge < -0.3 is 24.7 Å². The molecule has 2 aromatic rings. The Bertz CT molecular complexity index is 884. The van der Waals surface area contributed by atoms with Crippen molar-refractivity contribution in [3.63, 3.8) is 0 Å². The van der Waals surface area contributed by atoms with Gasteiger partial charge in [0.25, 0.3) is 5.91 Å². The van der Waals surface area contributed by atoms with Crippen LogP contribution in [0.4, 0.5) is 0 Å². The maximum absolute atomic E-state index is 12.1. The van der Waals surface area contributed by atoms with Gasteiger partial charge in [-0.2, -0.15) is 0 Å². The number of hydrogen-bond donors (Lipinski definition) is 1. The summed E-state index contributed by atoms with van der Waals surface area (Å²) >= 11 is 6.10. The number of aliphatic carboxylic acids is 1. The smallest absolute Gasteiger partial charge is 0.262 e. The quantitative estimate of drug-likeness (QED) is 0.686. The average Bonchev–Trinajstić information content (AvgIpc) is 2.64. The van der Waals surface area contributed by atoms with E-state index >= 15 is 0 Å². The summed E-state index contributed by atoms with van der Waals surface area (Å²) < 4.78 is 10.8. The first-order valence-corrected chi connectivity index (χ1v) is 9.03. The first-order chi connectivity index (χ1) is 13.3. The summed E-state index contributed by atoms with van der Waals surface area (Å²) in [6, 6.07) is 10.2. The lowest BCUT2D eigenvalue weighted by molar-refractivity contribution is -0.299. The third kappa shape index (κ3) is 6.03. The highest BCUT2D eigenvalue weighted by atomic mass is 35.5. The molecule has 1 amide bonds. The highest BCUT2D eigenvalue weighted by Gasteiger charge is 2.09. The summed E-state index contributed by atoms with van der Waals surface area (Å²) in [4.78, 5) is 23.5. The normalized spacial score (nSPS) is 11.1. The second kappa shape index (κ2) is 9.80. The summed E-state index contributed by atoms with van der Waals surface area (Å²) in [6.07, 6.45) is 1.30. The van der Waals surface area contributed by atoms with E-state index in [1.807, 2.05) is 20.8 Å². The average molecular weight is 403 g/mol. The fourth-order valence-electron chi connectivity index (χ4n) is 2.50. The maximum atomic E-state index is 12.1. The molecular weight excluding hydrogens is 382 g/mol. The van der Waals surface area contributed by atoms with Crippen molar-refractivity contribution in [1.29, 1.82) is 0 Å². The Balaban J connectivity index is 2.06. The highest BCUT2D eigenvalue weighted by Crippen LogP contribution is 2.25. The van der Waals surface area contributed by atoms with Crippen LogP contribution in [0.1, 0.15) is 23.6 Å². The molecule has 0 spiro atoms. The van der Waals surface area contributed by atoms with Crippen LogP contribution in [0.3, 0.4) is 0 Å². The molecule has 0 radical (unpaired) electrons. The van der Waals surface area contributed by atoms with Gasteiger partial charge in [-0.15, -0.1) is 0 Å². The van der Waals surface area contributed by atoms with E-state index in [0.717, 1.165) is 11.1 Å². The van der Waals surface area contributed by atoms with Gasteiger partial charge >= 0.3 is 0 Å². The van der Waals surface area contributed by atoms with Crippen LogP contribution in [0.25, 0.3) is 6.08 Å². The molecule has 6 nitrogen and oxygen atoms in total. The zero-order valence-electron chi connectivity index (χ0n) is 15.9. The number of nitrogens with one attached hydrogen (secondary N) is 1. The Morgan fingerprint density at radius 2 is 1.79 bits per heavy atom. The largest absolute Gasteiger partial charge is 0.543 e. The van der Waals surface area contributed by atoms with E-state index in [2.05, 4.69) is 5.32 Å². The van der Waals surface area contributed by atoms with Crippen molar-refractivity contribution in [2.75, 3.05) is 13.2 Å². The number of rotatable bonds is 8. The first-order valence-electron chi connectivity index (χ1n) is 8.65. The number of amides is 1. The van der Waals surface area contributed by atoms with E-state index in [4.69, 9.17) is 21.1 Å². The fourth-order valence-corrected chi connectivity index (χ4v) is 2.61. The number of halogens is 1. The number of ether oxygens (including phenoxy) is 2. The molecule has 28 heavy (non-hydrogen) atoms. The molecular formula is C21H21ClNO5-. The zero-order valence-corrected chi connectivity index (χ0v) is 16.6. The first kappa shape index (κ1) is 21.3. The predicted octanol–water partition coefficient (Wildman–Crippen LogP) is 2.64. The molecule has 0 heterocycles. The molecule has 2 rings (SSSR count). The molecule has 1 N–H and O–H groups in total. The van der Waals surface area contributed by atoms with Gasteiger partial charge in [-0.05, 0) is 67.8 Å². The van der Waals surface area contributed by atoms with Crippen LogP contribution in [0.2, 0.25) is 5.02 Å². The van der Waals surface area contributed by atoms with Crippen molar-refractivity contribution < 1.29 is 24.2 Å². The van der Waals surface area contributed by atoms with Crippen molar-refractivity contribution in [1.82, 2.24) is 5.32 Å². The van der Waals surface area contributed by atoms with Gasteiger partial charge in [0.2, 0.25) is 0 Å².